The average molecular weight is 369 g/mol. The van der Waals surface area contributed by atoms with Crippen LogP contribution >= 0.6 is 0 Å². The number of ether oxygens (including phenoxy) is 2. The van der Waals surface area contributed by atoms with Gasteiger partial charge >= 0.3 is 11.7 Å². The van der Waals surface area contributed by atoms with Crippen LogP contribution in [0.5, 0.6) is 5.75 Å². The summed E-state index contributed by atoms with van der Waals surface area (Å²) in [6.07, 6.45) is 0. The highest BCUT2D eigenvalue weighted by molar-refractivity contribution is 5.90. The minimum absolute atomic E-state index is 0.0247. The molecule has 1 heterocycles. The van der Waals surface area contributed by atoms with Gasteiger partial charge in [-0.05, 0) is 24.6 Å². The van der Waals surface area contributed by atoms with Gasteiger partial charge in [0.1, 0.15) is 0 Å². The minimum atomic E-state index is -0.676. The normalized spacial score (nSPS) is 10.4. The summed E-state index contributed by atoms with van der Waals surface area (Å²) >= 11 is 0. The molecule has 0 saturated carbocycles. The minimum Gasteiger partial charge on any atom is -0.477 e. The zero-order valence-corrected chi connectivity index (χ0v) is 14.5. The van der Waals surface area contributed by atoms with Crippen molar-refractivity contribution in [2.75, 3.05) is 7.11 Å². The van der Waals surface area contributed by atoms with E-state index in [-0.39, 0.29) is 29.5 Å². The number of nitro groups is 1. The number of esters is 1. The molecule has 0 bridgehead atoms. The molecule has 0 aliphatic rings. The monoisotopic (exact) mass is 369 g/mol. The topological polar surface area (TPSA) is 118 Å². The first kappa shape index (κ1) is 18.1. The highest BCUT2D eigenvalue weighted by Gasteiger charge is 2.20. The lowest BCUT2D eigenvalue weighted by Crippen LogP contribution is -2.04. The first-order valence-corrected chi connectivity index (χ1v) is 7.87. The molecular formula is C18H15N3O6. The van der Waals surface area contributed by atoms with Gasteiger partial charge in [0.25, 0.3) is 5.89 Å². The number of hydrogen-bond acceptors (Lipinski definition) is 8. The maximum atomic E-state index is 11.5. The van der Waals surface area contributed by atoms with Gasteiger partial charge in [0.15, 0.2) is 12.4 Å². The van der Waals surface area contributed by atoms with E-state index < -0.39 is 10.9 Å². The third-order valence-corrected chi connectivity index (χ3v) is 3.78. The van der Waals surface area contributed by atoms with Crippen LogP contribution in [-0.4, -0.2) is 28.1 Å². The number of rotatable bonds is 6. The molecule has 138 valence electrons. The number of carbonyl (C=O) groups excluding carboxylic acids is 1. The fourth-order valence-electron chi connectivity index (χ4n) is 2.41. The second-order valence-corrected chi connectivity index (χ2v) is 5.55. The first-order valence-electron chi connectivity index (χ1n) is 7.87. The van der Waals surface area contributed by atoms with Crippen molar-refractivity contribution >= 4 is 11.7 Å². The maximum absolute atomic E-state index is 11.5. The van der Waals surface area contributed by atoms with Gasteiger partial charge in [-0.2, -0.15) is 4.98 Å². The molecular weight excluding hydrogens is 354 g/mol. The van der Waals surface area contributed by atoms with Gasteiger partial charge in [0.05, 0.1) is 17.6 Å². The van der Waals surface area contributed by atoms with Crippen molar-refractivity contribution in [2.45, 2.75) is 13.5 Å². The van der Waals surface area contributed by atoms with Gasteiger partial charge in [-0.25, -0.2) is 4.79 Å². The lowest BCUT2D eigenvalue weighted by atomic mass is 10.1. The summed E-state index contributed by atoms with van der Waals surface area (Å²) in [6.45, 7) is 1.77. The Labute approximate surface area is 153 Å². The molecule has 9 nitrogen and oxygen atoms in total. The Balaban J connectivity index is 1.78. The molecule has 0 aliphatic carbocycles. The summed E-state index contributed by atoms with van der Waals surface area (Å²) in [7, 11) is 1.19. The summed E-state index contributed by atoms with van der Waals surface area (Å²) in [5, 5.41) is 15.1. The third kappa shape index (κ3) is 3.92. The molecule has 2 aromatic carbocycles. The molecule has 0 amide bonds. The highest BCUT2D eigenvalue weighted by atomic mass is 16.6. The van der Waals surface area contributed by atoms with Crippen LogP contribution in [0.1, 0.15) is 21.8 Å². The summed E-state index contributed by atoms with van der Waals surface area (Å²) in [5.74, 6) is -0.130. The predicted molar refractivity (Wildman–Crippen MR) is 93.2 cm³/mol. The second kappa shape index (κ2) is 7.65. The van der Waals surface area contributed by atoms with E-state index in [1.807, 2.05) is 31.2 Å². The lowest BCUT2D eigenvalue weighted by Gasteiger charge is -2.05. The Morgan fingerprint density at radius 2 is 2.04 bits per heavy atom. The van der Waals surface area contributed by atoms with E-state index >= 15 is 0 Å². The number of benzene rings is 2. The number of aryl methyl sites for hydroxylation is 1. The molecule has 0 unspecified atom stereocenters. The van der Waals surface area contributed by atoms with Crippen LogP contribution in [0.4, 0.5) is 5.69 Å². The van der Waals surface area contributed by atoms with Crippen LogP contribution in [0.15, 0.2) is 47.0 Å². The third-order valence-electron chi connectivity index (χ3n) is 3.78. The fourth-order valence-corrected chi connectivity index (χ4v) is 2.41. The number of nitrogens with zero attached hydrogens (tertiary/aromatic N) is 3. The number of hydrogen-bond donors (Lipinski definition) is 0. The number of nitro benzene ring substituents is 1. The molecule has 3 aromatic rings. The van der Waals surface area contributed by atoms with Crippen LogP contribution in [0, 0.1) is 17.0 Å². The Morgan fingerprint density at radius 3 is 2.74 bits per heavy atom. The van der Waals surface area contributed by atoms with Crippen molar-refractivity contribution < 1.29 is 23.7 Å². The fraction of sp³-hybridized carbons (Fsp3) is 0.167. The van der Waals surface area contributed by atoms with E-state index in [0.29, 0.717) is 5.82 Å². The molecule has 27 heavy (non-hydrogen) atoms. The largest absolute Gasteiger partial charge is 0.477 e. The molecule has 9 heteroatoms. The first-order chi connectivity index (χ1) is 13.0. The van der Waals surface area contributed by atoms with E-state index in [4.69, 9.17) is 9.26 Å². The van der Waals surface area contributed by atoms with E-state index in [9.17, 15) is 14.9 Å². The SMILES string of the molecule is COC(=O)c1ccc(OCc2nc(-c3ccccc3C)no2)c([N+](=O)[O-])c1. The van der Waals surface area contributed by atoms with E-state index in [0.717, 1.165) is 17.2 Å². The summed E-state index contributed by atoms with van der Waals surface area (Å²) in [5.41, 5.74) is 1.49. The predicted octanol–water partition coefficient (Wildman–Crippen LogP) is 3.32. The summed E-state index contributed by atoms with van der Waals surface area (Å²) in [6, 6.07) is 11.3. The van der Waals surface area contributed by atoms with Gasteiger partial charge in [-0.1, -0.05) is 29.4 Å². The van der Waals surface area contributed by atoms with Gasteiger partial charge in [0.2, 0.25) is 5.82 Å². The lowest BCUT2D eigenvalue weighted by molar-refractivity contribution is -0.386. The van der Waals surface area contributed by atoms with Crippen molar-refractivity contribution in [1.29, 1.82) is 0 Å². The molecule has 0 aliphatic heterocycles. The summed E-state index contributed by atoms with van der Waals surface area (Å²) in [4.78, 5) is 26.4. The van der Waals surface area contributed by atoms with Crippen molar-refractivity contribution in [3.63, 3.8) is 0 Å². The smallest absolute Gasteiger partial charge is 0.338 e. The Hall–Kier alpha value is -3.75. The van der Waals surface area contributed by atoms with Crippen LogP contribution in [0.25, 0.3) is 11.4 Å². The Bertz CT molecular complexity index is 998. The van der Waals surface area contributed by atoms with E-state index in [2.05, 4.69) is 14.9 Å². The van der Waals surface area contributed by atoms with Crippen LogP contribution < -0.4 is 4.74 Å². The average Bonchev–Trinajstić information content (AvgIpc) is 3.14. The second-order valence-electron chi connectivity index (χ2n) is 5.55. The van der Waals surface area contributed by atoms with Crippen molar-refractivity contribution in [3.05, 3.63) is 69.6 Å². The zero-order valence-electron chi connectivity index (χ0n) is 14.5. The summed E-state index contributed by atoms with van der Waals surface area (Å²) < 4.78 is 15.1. The Kier molecular flexibility index (Phi) is 5.11. The van der Waals surface area contributed by atoms with Gasteiger partial charge < -0.3 is 14.0 Å². The van der Waals surface area contributed by atoms with Crippen molar-refractivity contribution in [2.24, 2.45) is 0 Å². The van der Waals surface area contributed by atoms with Crippen molar-refractivity contribution in [1.82, 2.24) is 10.1 Å². The van der Waals surface area contributed by atoms with Gasteiger partial charge in [0, 0.05) is 11.6 Å². The van der Waals surface area contributed by atoms with Crippen LogP contribution in [0.2, 0.25) is 0 Å². The Morgan fingerprint density at radius 1 is 1.26 bits per heavy atom. The number of aromatic nitrogens is 2. The van der Waals surface area contributed by atoms with Gasteiger partial charge in [-0.15, -0.1) is 0 Å². The quantitative estimate of drug-likeness (QED) is 0.369. The molecule has 3 rings (SSSR count). The molecule has 0 radical (unpaired) electrons. The van der Waals surface area contributed by atoms with E-state index in [1.54, 1.807) is 0 Å². The standard InChI is InChI=1S/C18H15N3O6/c1-11-5-3-4-6-13(11)17-19-16(27-20-17)10-26-15-8-7-12(18(22)25-2)9-14(15)21(23)24/h3-9H,10H2,1-2H3. The maximum Gasteiger partial charge on any atom is 0.338 e. The number of methoxy groups -OCH3 is 1. The van der Waals surface area contributed by atoms with Crippen molar-refractivity contribution in [3.8, 4) is 17.1 Å². The van der Waals surface area contributed by atoms with Crippen LogP contribution in [0.3, 0.4) is 0 Å². The van der Waals surface area contributed by atoms with E-state index in [1.165, 1.54) is 19.2 Å². The molecule has 0 N–H and O–H groups in total. The molecule has 0 spiro atoms. The van der Waals surface area contributed by atoms with Crippen LogP contribution in [-0.2, 0) is 11.3 Å². The molecule has 0 saturated heterocycles. The molecule has 0 fully saturated rings. The molecule has 0 atom stereocenters. The zero-order chi connectivity index (χ0) is 19.4. The molecule has 1 aromatic heterocycles. The van der Waals surface area contributed by atoms with Gasteiger partial charge in [-0.3, -0.25) is 10.1 Å². The number of carbonyl (C=O) groups is 1. The highest BCUT2D eigenvalue weighted by Crippen LogP contribution is 2.29.